The molecule has 20 heavy (non-hydrogen) atoms. The molecule has 0 spiro atoms. The Morgan fingerprint density at radius 2 is 1.85 bits per heavy atom. The average molecular weight is 288 g/mol. The minimum absolute atomic E-state index is 0.417. The molecular weight excluding hydrogens is 270 g/mol. The lowest BCUT2D eigenvalue weighted by Crippen LogP contribution is -2.03. The molecule has 3 rings (SSSR count). The van der Waals surface area contributed by atoms with Crippen LogP contribution in [-0.4, -0.2) is 0 Å². The third kappa shape index (κ3) is 2.67. The second-order valence-corrected chi connectivity index (χ2v) is 5.58. The Bertz CT molecular complexity index is 624. The van der Waals surface area contributed by atoms with Crippen LogP contribution in [0.15, 0.2) is 36.4 Å². The number of halogens is 1. The van der Waals surface area contributed by atoms with Gasteiger partial charge in [-0.05, 0) is 55.0 Å². The van der Waals surface area contributed by atoms with Crippen LogP contribution in [0.3, 0.4) is 0 Å². The molecule has 0 amide bonds. The summed E-state index contributed by atoms with van der Waals surface area (Å²) >= 11 is 6.22. The van der Waals surface area contributed by atoms with Crippen molar-refractivity contribution in [2.24, 2.45) is 5.73 Å². The van der Waals surface area contributed by atoms with Crippen LogP contribution in [0.4, 0.5) is 0 Å². The van der Waals surface area contributed by atoms with Crippen LogP contribution < -0.4 is 10.5 Å². The van der Waals surface area contributed by atoms with Gasteiger partial charge in [0.1, 0.15) is 11.5 Å². The molecule has 0 saturated carbocycles. The van der Waals surface area contributed by atoms with E-state index in [2.05, 4.69) is 12.1 Å². The lowest BCUT2D eigenvalue weighted by Gasteiger charge is -2.17. The fourth-order valence-corrected chi connectivity index (χ4v) is 2.95. The van der Waals surface area contributed by atoms with Gasteiger partial charge in [0.05, 0.1) is 5.02 Å². The summed E-state index contributed by atoms with van der Waals surface area (Å²) in [5, 5.41) is 0.602. The Morgan fingerprint density at radius 3 is 2.65 bits per heavy atom. The van der Waals surface area contributed by atoms with Crippen LogP contribution in [-0.2, 0) is 19.4 Å². The van der Waals surface area contributed by atoms with E-state index in [1.165, 1.54) is 30.4 Å². The van der Waals surface area contributed by atoms with Crippen molar-refractivity contribution < 1.29 is 4.74 Å². The summed E-state index contributed by atoms with van der Waals surface area (Å²) in [6, 6.07) is 12.0. The molecule has 0 bridgehead atoms. The van der Waals surface area contributed by atoms with Crippen LogP contribution in [0.1, 0.15) is 29.5 Å². The maximum atomic E-state index is 6.22. The van der Waals surface area contributed by atoms with Crippen molar-refractivity contribution in [1.29, 1.82) is 0 Å². The minimum Gasteiger partial charge on any atom is -0.455 e. The van der Waals surface area contributed by atoms with Gasteiger partial charge < -0.3 is 10.5 Å². The van der Waals surface area contributed by atoms with Gasteiger partial charge in [0, 0.05) is 12.1 Å². The summed E-state index contributed by atoms with van der Waals surface area (Å²) < 4.78 is 5.99. The van der Waals surface area contributed by atoms with Crippen molar-refractivity contribution in [3.8, 4) is 11.5 Å². The number of fused-ring (bicyclic) bond motifs is 1. The molecule has 104 valence electrons. The molecule has 0 heterocycles. The molecule has 0 aromatic heterocycles. The lowest BCUT2D eigenvalue weighted by atomic mass is 9.92. The molecule has 0 radical (unpaired) electrons. The highest BCUT2D eigenvalue weighted by Gasteiger charge is 2.12. The van der Waals surface area contributed by atoms with Crippen LogP contribution in [0.25, 0.3) is 0 Å². The molecule has 0 fully saturated rings. The van der Waals surface area contributed by atoms with Crippen LogP contribution in [0, 0.1) is 0 Å². The average Bonchev–Trinajstić information content (AvgIpc) is 2.49. The quantitative estimate of drug-likeness (QED) is 0.904. The van der Waals surface area contributed by atoms with Gasteiger partial charge in [0.15, 0.2) is 0 Å². The number of benzene rings is 2. The highest BCUT2D eigenvalue weighted by atomic mass is 35.5. The van der Waals surface area contributed by atoms with Gasteiger partial charge in [-0.15, -0.1) is 0 Å². The number of ether oxygens (including phenoxy) is 1. The van der Waals surface area contributed by atoms with Crippen molar-refractivity contribution in [1.82, 2.24) is 0 Å². The molecule has 2 N–H and O–H groups in total. The van der Waals surface area contributed by atoms with Crippen molar-refractivity contribution in [3.05, 3.63) is 58.1 Å². The monoisotopic (exact) mass is 287 g/mol. The number of aryl methyl sites for hydroxylation is 2. The number of rotatable bonds is 3. The van der Waals surface area contributed by atoms with Crippen molar-refractivity contribution in [2.45, 2.75) is 32.2 Å². The first kappa shape index (κ1) is 13.5. The topological polar surface area (TPSA) is 35.2 Å². The maximum absolute atomic E-state index is 6.22. The zero-order valence-electron chi connectivity index (χ0n) is 11.4. The Hall–Kier alpha value is -1.51. The summed E-state index contributed by atoms with van der Waals surface area (Å²) in [5.41, 5.74) is 9.52. The van der Waals surface area contributed by atoms with Gasteiger partial charge in [-0.2, -0.15) is 0 Å². The molecule has 2 nitrogen and oxygen atoms in total. The van der Waals surface area contributed by atoms with E-state index in [9.17, 15) is 0 Å². The van der Waals surface area contributed by atoms with E-state index in [0.29, 0.717) is 17.3 Å². The molecule has 0 atom stereocenters. The van der Waals surface area contributed by atoms with E-state index >= 15 is 0 Å². The Balaban J connectivity index is 1.92. The van der Waals surface area contributed by atoms with Crippen LogP contribution >= 0.6 is 11.6 Å². The van der Waals surface area contributed by atoms with Crippen molar-refractivity contribution in [3.63, 3.8) is 0 Å². The molecular formula is C17H18ClNO. The van der Waals surface area contributed by atoms with Crippen molar-refractivity contribution >= 4 is 11.6 Å². The highest BCUT2D eigenvalue weighted by molar-refractivity contribution is 6.32. The maximum Gasteiger partial charge on any atom is 0.150 e. The van der Waals surface area contributed by atoms with Gasteiger partial charge in [-0.1, -0.05) is 29.8 Å². The number of nitrogens with two attached hydrogens (primary N) is 1. The van der Waals surface area contributed by atoms with Crippen LogP contribution in [0.2, 0.25) is 5.02 Å². The minimum atomic E-state index is 0.417. The standard InChI is InChI=1S/C17H18ClNO/c18-16-7-3-6-14(11-19)17(16)20-15-9-8-12-4-1-2-5-13(12)10-15/h3,6-10H,1-2,4-5,11,19H2. The van der Waals surface area contributed by atoms with Gasteiger partial charge in [-0.3, -0.25) is 0 Å². The molecule has 0 aliphatic heterocycles. The highest BCUT2D eigenvalue weighted by Crippen LogP contribution is 2.34. The second-order valence-electron chi connectivity index (χ2n) is 5.17. The first-order chi connectivity index (χ1) is 9.78. The zero-order valence-corrected chi connectivity index (χ0v) is 12.1. The third-order valence-electron chi connectivity index (χ3n) is 3.81. The first-order valence-corrected chi connectivity index (χ1v) is 7.43. The zero-order chi connectivity index (χ0) is 13.9. The summed E-state index contributed by atoms with van der Waals surface area (Å²) in [6.45, 7) is 0.417. The van der Waals surface area contributed by atoms with E-state index in [1.807, 2.05) is 24.3 Å². The summed E-state index contributed by atoms with van der Waals surface area (Å²) in [4.78, 5) is 0. The molecule has 1 aliphatic rings. The number of hydrogen-bond donors (Lipinski definition) is 1. The summed E-state index contributed by atoms with van der Waals surface area (Å²) in [7, 11) is 0. The number of para-hydroxylation sites is 1. The van der Waals surface area contributed by atoms with E-state index in [0.717, 1.165) is 17.7 Å². The van der Waals surface area contributed by atoms with Gasteiger partial charge >= 0.3 is 0 Å². The molecule has 0 saturated heterocycles. The third-order valence-corrected chi connectivity index (χ3v) is 4.11. The largest absolute Gasteiger partial charge is 0.455 e. The molecule has 3 heteroatoms. The predicted molar refractivity (Wildman–Crippen MR) is 82.5 cm³/mol. The van der Waals surface area contributed by atoms with Gasteiger partial charge in [0.2, 0.25) is 0 Å². The smallest absolute Gasteiger partial charge is 0.150 e. The molecule has 0 unspecified atom stereocenters. The summed E-state index contributed by atoms with van der Waals surface area (Å²) in [6.07, 6.45) is 4.86. The van der Waals surface area contributed by atoms with E-state index < -0.39 is 0 Å². The Morgan fingerprint density at radius 1 is 1.05 bits per heavy atom. The first-order valence-electron chi connectivity index (χ1n) is 7.05. The Kier molecular flexibility index (Phi) is 3.95. The SMILES string of the molecule is NCc1cccc(Cl)c1Oc1ccc2c(c1)CCCC2. The Labute approximate surface area is 124 Å². The molecule has 2 aromatic rings. The van der Waals surface area contributed by atoms with Crippen LogP contribution in [0.5, 0.6) is 11.5 Å². The van der Waals surface area contributed by atoms with Gasteiger partial charge in [-0.25, -0.2) is 0 Å². The van der Waals surface area contributed by atoms with E-state index in [4.69, 9.17) is 22.1 Å². The predicted octanol–water partition coefficient (Wildman–Crippen LogP) is 4.47. The van der Waals surface area contributed by atoms with E-state index in [-0.39, 0.29) is 0 Å². The lowest BCUT2D eigenvalue weighted by molar-refractivity contribution is 0.475. The molecule has 1 aliphatic carbocycles. The van der Waals surface area contributed by atoms with Gasteiger partial charge in [0.25, 0.3) is 0 Å². The number of hydrogen-bond acceptors (Lipinski definition) is 2. The van der Waals surface area contributed by atoms with Crippen molar-refractivity contribution in [2.75, 3.05) is 0 Å². The van der Waals surface area contributed by atoms with E-state index in [1.54, 1.807) is 0 Å². The molecule has 2 aromatic carbocycles. The fourth-order valence-electron chi connectivity index (χ4n) is 2.72. The normalized spacial score (nSPS) is 13.9. The summed E-state index contributed by atoms with van der Waals surface area (Å²) in [5.74, 6) is 1.51. The fraction of sp³-hybridized carbons (Fsp3) is 0.294. The second kappa shape index (κ2) is 5.86.